The fourth-order valence-electron chi connectivity index (χ4n) is 2.13. The number of halogens is 1. The number of aromatic carboxylic acids is 1. The summed E-state index contributed by atoms with van der Waals surface area (Å²) in [5.41, 5.74) is 1.05. The van der Waals surface area contributed by atoms with Crippen molar-refractivity contribution in [1.82, 2.24) is 0 Å². The summed E-state index contributed by atoms with van der Waals surface area (Å²) in [5, 5.41) is 12.6. The quantitative estimate of drug-likeness (QED) is 0.830. The molecule has 1 aliphatic rings. The van der Waals surface area contributed by atoms with Crippen LogP contribution in [0.2, 0.25) is 0 Å². The normalized spacial score (nSPS) is 16.3. The molecule has 1 aliphatic carbocycles. The Labute approximate surface area is 116 Å². The van der Waals surface area contributed by atoms with Gasteiger partial charge in [0, 0.05) is 10.5 Å². The van der Waals surface area contributed by atoms with Gasteiger partial charge in [-0.2, -0.15) is 0 Å². The highest BCUT2D eigenvalue weighted by molar-refractivity contribution is 9.10. The Kier molecular flexibility index (Phi) is 4.27. The molecule has 1 atom stereocenters. The molecule has 1 unspecified atom stereocenters. The summed E-state index contributed by atoms with van der Waals surface area (Å²) in [4.78, 5) is 11.2. The van der Waals surface area contributed by atoms with E-state index in [1.54, 1.807) is 12.1 Å². The molecule has 0 saturated heterocycles. The maximum absolute atomic E-state index is 11.2. The minimum absolute atomic E-state index is 0.340. The SMILES string of the molecule is CCC(CC1CC1)Nc1cc(Br)ccc1C(=O)O. The monoisotopic (exact) mass is 311 g/mol. The van der Waals surface area contributed by atoms with Crippen molar-refractivity contribution in [2.75, 3.05) is 5.32 Å². The zero-order valence-electron chi connectivity index (χ0n) is 10.4. The second kappa shape index (κ2) is 5.74. The molecule has 2 rings (SSSR count). The smallest absolute Gasteiger partial charge is 0.337 e. The number of carboxylic acids is 1. The van der Waals surface area contributed by atoms with Crippen molar-refractivity contribution >= 4 is 27.6 Å². The van der Waals surface area contributed by atoms with E-state index in [1.807, 2.05) is 6.07 Å². The first-order valence-corrected chi connectivity index (χ1v) is 7.18. The molecule has 1 aromatic carbocycles. The topological polar surface area (TPSA) is 49.3 Å². The van der Waals surface area contributed by atoms with Gasteiger partial charge in [0.1, 0.15) is 0 Å². The number of benzene rings is 1. The molecule has 2 N–H and O–H groups in total. The summed E-state index contributed by atoms with van der Waals surface area (Å²) < 4.78 is 0.899. The highest BCUT2D eigenvalue weighted by Gasteiger charge is 2.25. The van der Waals surface area contributed by atoms with Gasteiger partial charge in [-0.15, -0.1) is 0 Å². The Morgan fingerprint density at radius 2 is 2.28 bits per heavy atom. The van der Waals surface area contributed by atoms with Crippen molar-refractivity contribution in [3.05, 3.63) is 28.2 Å². The van der Waals surface area contributed by atoms with Crippen LogP contribution in [0.15, 0.2) is 22.7 Å². The van der Waals surface area contributed by atoms with Crippen LogP contribution in [-0.4, -0.2) is 17.1 Å². The van der Waals surface area contributed by atoms with Crippen molar-refractivity contribution in [3.63, 3.8) is 0 Å². The van der Waals surface area contributed by atoms with Gasteiger partial charge >= 0.3 is 5.97 Å². The minimum Gasteiger partial charge on any atom is -0.478 e. The van der Waals surface area contributed by atoms with Crippen molar-refractivity contribution in [2.45, 2.75) is 38.6 Å². The van der Waals surface area contributed by atoms with E-state index in [9.17, 15) is 9.90 Å². The van der Waals surface area contributed by atoms with Gasteiger partial charge in [-0.3, -0.25) is 0 Å². The number of rotatable bonds is 6. The van der Waals surface area contributed by atoms with Crippen molar-refractivity contribution in [2.24, 2.45) is 5.92 Å². The van der Waals surface area contributed by atoms with Gasteiger partial charge in [-0.05, 0) is 37.0 Å². The van der Waals surface area contributed by atoms with Crippen LogP contribution in [0.3, 0.4) is 0 Å². The van der Waals surface area contributed by atoms with Crippen LogP contribution in [-0.2, 0) is 0 Å². The Hall–Kier alpha value is -1.03. The lowest BCUT2D eigenvalue weighted by Crippen LogP contribution is -2.20. The summed E-state index contributed by atoms with van der Waals surface area (Å²) in [6, 6.07) is 5.61. The van der Waals surface area contributed by atoms with E-state index in [0.29, 0.717) is 17.3 Å². The molecule has 0 heterocycles. The Morgan fingerprint density at radius 1 is 1.56 bits per heavy atom. The van der Waals surface area contributed by atoms with Crippen molar-refractivity contribution < 1.29 is 9.90 Å². The number of carbonyl (C=O) groups is 1. The molecular formula is C14H18BrNO2. The van der Waals surface area contributed by atoms with E-state index in [2.05, 4.69) is 28.2 Å². The van der Waals surface area contributed by atoms with Crippen LogP contribution in [0.1, 0.15) is 43.0 Å². The predicted octanol–water partition coefficient (Wildman–Crippen LogP) is 4.14. The lowest BCUT2D eigenvalue weighted by atomic mass is 10.1. The molecule has 3 nitrogen and oxygen atoms in total. The average molecular weight is 312 g/mol. The van der Waals surface area contributed by atoms with Gasteiger partial charge in [0.05, 0.1) is 11.3 Å². The van der Waals surface area contributed by atoms with Gasteiger partial charge in [-0.1, -0.05) is 35.7 Å². The summed E-state index contributed by atoms with van der Waals surface area (Å²) in [6.45, 7) is 2.14. The van der Waals surface area contributed by atoms with Gasteiger partial charge < -0.3 is 10.4 Å². The molecule has 1 aromatic rings. The maximum atomic E-state index is 11.2. The zero-order chi connectivity index (χ0) is 13.1. The summed E-state index contributed by atoms with van der Waals surface area (Å²) in [6.07, 6.45) is 4.80. The Morgan fingerprint density at radius 3 is 2.83 bits per heavy atom. The van der Waals surface area contributed by atoms with Crippen LogP contribution in [0, 0.1) is 5.92 Å². The predicted molar refractivity (Wildman–Crippen MR) is 76.1 cm³/mol. The molecule has 98 valence electrons. The minimum atomic E-state index is -0.883. The van der Waals surface area contributed by atoms with E-state index >= 15 is 0 Å². The molecule has 1 fully saturated rings. The molecule has 0 aliphatic heterocycles. The van der Waals surface area contributed by atoms with E-state index < -0.39 is 5.97 Å². The first kappa shape index (κ1) is 13.4. The molecule has 0 spiro atoms. The van der Waals surface area contributed by atoms with Crippen molar-refractivity contribution in [1.29, 1.82) is 0 Å². The fourth-order valence-corrected chi connectivity index (χ4v) is 2.49. The molecule has 4 heteroatoms. The number of anilines is 1. The standard InChI is InChI=1S/C14H18BrNO2/c1-2-11(7-9-3-4-9)16-13-8-10(15)5-6-12(13)14(17)18/h5-6,8-9,11,16H,2-4,7H2,1H3,(H,17,18). The second-order valence-corrected chi connectivity index (χ2v) is 5.84. The largest absolute Gasteiger partial charge is 0.478 e. The average Bonchev–Trinajstić information content (AvgIpc) is 3.11. The first-order chi connectivity index (χ1) is 8.60. The van der Waals surface area contributed by atoms with Crippen LogP contribution >= 0.6 is 15.9 Å². The summed E-state index contributed by atoms with van der Waals surface area (Å²) in [7, 11) is 0. The third-order valence-corrected chi connectivity index (χ3v) is 3.87. The fraction of sp³-hybridized carbons (Fsp3) is 0.500. The number of carboxylic acid groups (broad SMARTS) is 1. The van der Waals surface area contributed by atoms with Gasteiger partial charge in [0.15, 0.2) is 0 Å². The Balaban J connectivity index is 2.14. The molecule has 0 bridgehead atoms. The molecule has 1 saturated carbocycles. The second-order valence-electron chi connectivity index (χ2n) is 4.92. The number of nitrogens with one attached hydrogen (secondary N) is 1. The summed E-state index contributed by atoms with van der Waals surface area (Å²) >= 11 is 3.39. The van der Waals surface area contributed by atoms with E-state index in [4.69, 9.17) is 0 Å². The molecule has 0 radical (unpaired) electrons. The Bertz CT molecular complexity index is 443. The molecular weight excluding hydrogens is 294 g/mol. The highest BCUT2D eigenvalue weighted by atomic mass is 79.9. The van der Waals surface area contributed by atoms with Crippen LogP contribution in [0.5, 0.6) is 0 Å². The van der Waals surface area contributed by atoms with Crippen LogP contribution < -0.4 is 5.32 Å². The van der Waals surface area contributed by atoms with E-state index in [-0.39, 0.29) is 0 Å². The molecule has 18 heavy (non-hydrogen) atoms. The maximum Gasteiger partial charge on any atom is 0.337 e. The summed E-state index contributed by atoms with van der Waals surface area (Å²) in [5.74, 6) is -0.0471. The van der Waals surface area contributed by atoms with Crippen LogP contribution in [0.4, 0.5) is 5.69 Å². The van der Waals surface area contributed by atoms with Gasteiger partial charge in [-0.25, -0.2) is 4.79 Å². The van der Waals surface area contributed by atoms with E-state index in [1.165, 1.54) is 12.8 Å². The third kappa shape index (κ3) is 3.48. The zero-order valence-corrected chi connectivity index (χ0v) is 12.0. The van der Waals surface area contributed by atoms with Gasteiger partial charge in [0.25, 0.3) is 0 Å². The van der Waals surface area contributed by atoms with Crippen LogP contribution in [0.25, 0.3) is 0 Å². The number of hydrogen-bond donors (Lipinski definition) is 2. The molecule has 0 amide bonds. The lowest BCUT2D eigenvalue weighted by molar-refractivity contribution is 0.0698. The third-order valence-electron chi connectivity index (χ3n) is 3.38. The van der Waals surface area contributed by atoms with E-state index in [0.717, 1.165) is 23.2 Å². The van der Waals surface area contributed by atoms with Gasteiger partial charge in [0.2, 0.25) is 0 Å². The van der Waals surface area contributed by atoms with Crippen molar-refractivity contribution in [3.8, 4) is 0 Å². The lowest BCUT2D eigenvalue weighted by Gasteiger charge is -2.19. The first-order valence-electron chi connectivity index (χ1n) is 6.39. The molecule has 0 aromatic heterocycles. The number of hydrogen-bond acceptors (Lipinski definition) is 2. The highest BCUT2D eigenvalue weighted by Crippen LogP contribution is 2.35.